The van der Waals surface area contributed by atoms with E-state index in [2.05, 4.69) is 6.92 Å². The summed E-state index contributed by atoms with van der Waals surface area (Å²) in [6.45, 7) is 6.10. The molecule has 0 aliphatic carbocycles. The second kappa shape index (κ2) is 6.98. The van der Waals surface area contributed by atoms with E-state index in [0.717, 1.165) is 25.5 Å². The summed E-state index contributed by atoms with van der Waals surface area (Å²) in [5, 5.41) is 10.3. The molecular weight excluding hydrogens is 254 g/mol. The second-order valence-corrected chi connectivity index (χ2v) is 5.22. The fraction of sp³-hybridized carbons (Fsp3) is 0.438. The average molecular weight is 275 g/mol. The Morgan fingerprint density at radius 2 is 1.90 bits per heavy atom. The van der Waals surface area contributed by atoms with Crippen molar-refractivity contribution in [3.05, 3.63) is 51.7 Å². The summed E-state index contributed by atoms with van der Waals surface area (Å²) in [4.78, 5) is 22.3. The molecular formula is C16H21NO3. The third-order valence-electron chi connectivity index (χ3n) is 3.69. The Morgan fingerprint density at radius 3 is 2.35 bits per heavy atom. The number of benzene rings is 1. The van der Waals surface area contributed by atoms with E-state index < -0.39 is 4.92 Å². The van der Waals surface area contributed by atoms with Gasteiger partial charge in [-0.25, -0.2) is 0 Å². The molecule has 1 aromatic carbocycles. The highest BCUT2D eigenvalue weighted by atomic mass is 16.6. The van der Waals surface area contributed by atoms with Crippen LogP contribution < -0.4 is 0 Å². The number of hydrogen-bond acceptors (Lipinski definition) is 3. The van der Waals surface area contributed by atoms with E-state index in [1.54, 1.807) is 24.3 Å². The normalized spacial score (nSPS) is 14.2. The van der Waals surface area contributed by atoms with Crippen molar-refractivity contribution in [1.82, 2.24) is 0 Å². The minimum absolute atomic E-state index is 0.145. The van der Waals surface area contributed by atoms with Crippen LogP contribution in [0.15, 0.2) is 30.5 Å². The lowest BCUT2D eigenvalue weighted by Gasteiger charge is -2.26. The summed E-state index contributed by atoms with van der Waals surface area (Å²) in [5.74, 6) is 0.145. The molecule has 1 aromatic rings. The Balaban J connectivity index is 2.92. The van der Waals surface area contributed by atoms with Crippen LogP contribution in [-0.4, -0.2) is 10.7 Å². The minimum Gasteiger partial charge on any atom is -0.294 e. The van der Waals surface area contributed by atoms with Crippen molar-refractivity contribution in [1.29, 1.82) is 0 Å². The van der Waals surface area contributed by atoms with Gasteiger partial charge >= 0.3 is 0 Å². The van der Waals surface area contributed by atoms with Crippen LogP contribution in [0, 0.1) is 15.5 Å². The van der Waals surface area contributed by atoms with E-state index >= 15 is 0 Å². The molecule has 20 heavy (non-hydrogen) atoms. The van der Waals surface area contributed by atoms with Crippen molar-refractivity contribution in [3.63, 3.8) is 0 Å². The summed E-state index contributed by atoms with van der Waals surface area (Å²) in [7, 11) is 0. The highest BCUT2D eigenvalue weighted by Crippen LogP contribution is 2.31. The maximum absolute atomic E-state index is 12.5. The number of nitro groups is 1. The lowest BCUT2D eigenvalue weighted by molar-refractivity contribution is -0.400. The summed E-state index contributed by atoms with van der Waals surface area (Å²) >= 11 is 0. The van der Waals surface area contributed by atoms with Gasteiger partial charge in [0.15, 0.2) is 5.78 Å². The molecule has 0 heterocycles. The molecule has 1 rings (SSSR count). The highest BCUT2D eigenvalue weighted by molar-refractivity contribution is 6.00. The number of carbonyl (C=O) groups excluding carboxylic acids is 1. The molecule has 0 saturated carbocycles. The van der Waals surface area contributed by atoms with Gasteiger partial charge < -0.3 is 0 Å². The average Bonchev–Trinajstić information content (AvgIpc) is 2.45. The molecule has 0 fully saturated rings. The Kier molecular flexibility index (Phi) is 5.62. The molecule has 0 saturated heterocycles. The number of carbonyl (C=O) groups is 1. The van der Waals surface area contributed by atoms with Gasteiger partial charge in [0.1, 0.15) is 0 Å². The van der Waals surface area contributed by atoms with Gasteiger partial charge in [-0.3, -0.25) is 14.9 Å². The number of rotatable bonds is 7. The Bertz CT molecular complexity index is 505. The van der Waals surface area contributed by atoms with E-state index in [1.807, 2.05) is 13.8 Å². The second-order valence-electron chi connectivity index (χ2n) is 5.22. The van der Waals surface area contributed by atoms with Crippen LogP contribution >= 0.6 is 0 Å². The maximum atomic E-state index is 12.5. The van der Waals surface area contributed by atoms with Gasteiger partial charge in [0.2, 0.25) is 6.20 Å². The van der Waals surface area contributed by atoms with Crippen molar-refractivity contribution >= 4 is 11.9 Å². The summed E-state index contributed by atoms with van der Waals surface area (Å²) in [6.07, 6.45) is 4.96. The Labute approximate surface area is 119 Å². The van der Waals surface area contributed by atoms with Gasteiger partial charge in [-0.1, -0.05) is 51.5 Å². The van der Waals surface area contributed by atoms with Crippen molar-refractivity contribution in [3.8, 4) is 0 Å². The molecule has 0 radical (unpaired) electrons. The maximum Gasteiger partial charge on any atom is 0.235 e. The van der Waals surface area contributed by atoms with Crippen LogP contribution in [0.3, 0.4) is 0 Å². The van der Waals surface area contributed by atoms with E-state index in [1.165, 1.54) is 6.08 Å². The van der Waals surface area contributed by atoms with Crippen LogP contribution in [0.25, 0.3) is 6.08 Å². The van der Waals surface area contributed by atoms with Gasteiger partial charge in [0.05, 0.1) is 4.92 Å². The Morgan fingerprint density at radius 1 is 1.30 bits per heavy atom. The predicted octanol–water partition coefficient (Wildman–Crippen LogP) is 4.33. The predicted molar refractivity (Wildman–Crippen MR) is 80.1 cm³/mol. The molecule has 0 aliphatic heterocycles. The zero-order valence-electron chi connectivity index (χ0n) is 12.3. The molecule has 0 amide bonds. The van der Waals surface area contributed by atoms with Gasteiger partial charge in [-0.15, -0.1) is 0 Å². The van der Waals surface area contributed by atoms with Crippen molar-refractivity contribution in [2.75, 3.05) is 0 Å². The van der Waals surface area contributed by atoms with Crippen LogP contribution in [-0.2, 0) is 0 Å². The standard InChI is InChI=1S/C16H21NO3/c1-4-11-16(3,5-2)15(18)14-8-6-13(7-9-14)10-12-17(19)20/h6-10,12H,4-5,11H2,1-3H3/b12-10-. The molecule has 0 N–H and O–H groups in total. The van der Waals surface area contributed by atoms with E-state index in [4.69, 9.17) is 0 Å². The fourth-order valence-corrected chi connectivity index (χ4v) is 2.24. The molecule has 4 nitrogen and oxygen atoms in total. The number of hydrogen-bond donors (Lipinski definition) is 0. The lowest BCUT2D eigenvalue weighted by Crippen LogP contribution is -2.27. The zero-order chi connectivity index (χ0) is 15.2. The molecule has 1 atom stereocenters. The topological polar surface area (TPSA) is 60.2 Å². The zero-order valence-corrected chi connectivity index (χ0v) is 12.3. The third kappa shape index (κ3) is 4.02. The van der Waals surface area contributed by atoms with Crippen LogP contribution in [0.1, 0.15) is 56.0 Å². The van der Waals surface area contributed by atoms with Crippen LogP contribution in [0.4, 0.5) is 0 Å². The molecule has 108 valence electrons. The van der Waals surface area contributed by atoms with E-state index in [-0.39, 0.29) is 11.2 Å². The third-order valence-corrected chi connectivity index (χ3v) is 3.69. The van der Waals surface area contributed by atoms with Crippen molar-refractivity contribution in [2.24, 2.45) is 5.41 Å². The first kappa shape index (κ1) is 16.1. The van der Waals surface area contributed by atoms with Crippen LogP contribution in [0.2, 0.25) is 0 Å². The van der Waals surface area contributed by atoms with Crippen LogP contribution in [0.5, 0.6) is 0 Å². The van der Waals surface area contributed by atoms with Gasteiger partial charge in [0, 0.05) is 17.1 Å². The van der Waals surface area contributed by atoms with Crippen molar-refractivity contribution in [2.45, 2.75) is 40.0 Å². The lowest BCUT2D eigenvalue weighted by atomic mass is 9.76. The SMILES string of the molecule is CCCC(C)(CC)C(=O)c1ccc(/C=C\[N+](=O)[O-])cc1. The number of nitrogens with zero attached hydrogens (tertiary/aromatic N) is 1. The summed E-state index contributed by atoms with van der Waals surface area (Å²) < 4.78 is 0. The number of ketones is 1. The number of Topliss-reactive ketones (excluding diaryl/α,β-unsaturated/α-hetero) is 1. The van der Waals surface area contributed by atoms with Gasteiger partial charge in [-0.2, -0.15) is 0 Å². The highest BCUT2D eigenvalue weighted by Gasteiger charge is 2.30. The van der Waals surface area contributed by atoms with E-state index in [0.29, 0.717) is 11.1 Å². The molecule has 0 spiro atoms. The Hall–Kier alpha value is -1.97. The first-order valence-electron chi connectivity index (χ1n) is 6.89. The minimum atomic E-state index is -0.505. The molecule has 0 bridgehead atoms. The fourth-order valence-electron chi connectivity index (χ4n) is 2.24. The first-order chi connectivity index (χ1) is 9.42. The largest absolute Gasteiger partial charge is 0.294 e. The van der Waals surface area contributed by atoms with E-state index in [9.17, 15) is 14.9 Å². The van der Waals surface area contributed by atoms with Crippen molar-refractivity contribution < 1.29 is 9.72 Å². The first-order valence-corrected chi connectivity index (χ1v) is 6.89. The van der Waals surface area contributed by atoms with Gasteiger partial charge in [-0.05, 0) is 18.4 Å². The smallest absolute Gasteiger partial charge is 0.235 e. The summed E-state index contributed by atoms with van der Waals surface area (Å²) in [6, 6.07) is 6.95. The molecule has 0 aliphatic rings. The quantitative estimate of drug-likeness (QED) is 0.422. The molecule has 1 unspecified atom stereocenters. The monoisotopic (exact) mass is 275 g/mol. The summed E-state index contributed by atoms with van der Waals surface area (Å²) in [5.41, 5.74) is 1.06. The molecule has 4 heteroatoms. The van der Waals surface area contributed by atoms with Gasteiger partial charge in [0.25, 0.3) is 0 Å². The molecule has 0 aromatic heterocycles.